The molecular formula is C18H20N6. The summed E-state index contributed by atoms with van der Waals surface area (Å²) in [5.74, 6) is 1.18. The SMILES string of the molecule is Cc1cc(C)nc(Nc2cccc(Nc3nc(C)cc(C)n3)c2)n1. The zero-order chi connectivity index (χ0) is 17.1. The summed E-state index contributed by atoms with van der Waals surface area (Å²) in [7, 11) is 0. The standard InChI is InChI=1S/C18H20N6/c1-11-8-12(2)20-17(19-11)23-15-6-5-7-16(10-15)24-18-21-13(3)9-14(4)22-18/h5-10H,1-4H3,(H,19,20,23)(H,21,22,24). The maximum atomic E-state index is 4.40. The molecular weight excluding hydrogens is 300 g/mol. The Hall–Kier alpha value is -3.02. The molecule has 2 heterocycles. The van der Waals surface area contributed by atoms with E-state index in [0.717, 1.165) is 34.2 Å². The molecule has 6 heteroatoms. The van der Waals surface area contributed by atoms with Crippen LogP contribution >= 0.6 is 0 Å². The molecule has 0 aliphatic heterocycles. The quantitative estimate of drug-likeness (QED) is 0.757. The minimum atomic E-state index is 0.590. The van der Waals surface area contributed by atoms with Crippen LogP contribution in [0, 0.1) is 27.7 Å². The molecule has 1 aromatic carbocycles. The Morgan fingerprint density at radius 3 is 1.33 bits per heavy atom. The topological polar surface area (TPSA) is 75.6 Å². The van der Waals surface area contributed by atoms with Crippen molar-refractivity contribution < 1.29 is 0 Å². The second kappa shape index (κ2) is 6.62. The van der Waals surface area contributed by atoms with Crippen molar-refractivity contribution in [3.63, 3.8) is 0 Å². The molecule has 0 bridgehead atoms. The highest BCUT2D eigenvalue weighted by Gasteiger charge is 2.04. The van der Waals surface area contributed by atoms with Gasteiger partial charge in [-0.2, -0.15) is 0 Å². The number of anilines is 4. The Kier molecular flexibility index (Phi) is 4.37. The zero-order valence-electron chi connectivity index (χ0n) is 14.3. The third-order valence-electron chi connectivity index (χ3n) is 3.34. The van der Waals surface area contributed by atoms with Gasteiger partial charge in [0.1, 0.15) is 0 Å². The van der Waals surface area contributed by atoms with Crippen molar-refractivity contribution in [2.24, 2.45) is 0 Å². The van der Waals surface area contributed by atoms with Gasteiger partial charge in [-0.1, -0.05) is 6.07 Å². The number of nitrogens with zero attached hydrogens (tertiary/aromatic N) is 4. The van der Waals surface area contributed by atoms with Gasteiger partial charge in [0.05, 0.1) is 0 Å². The van der Waals surface area contributed by atoms with Gasteiger partial charge >= 0.3 is 0 Å². The number of nitrogens with one attached hydrogen (secondary N) is 2. The molecule has 6 nitrogen and oxygen atoms in total. The normalized spacial score (nSPS) is 10.5. The first-order valence-corrected chi connectivity index (χ1v) is 7.76. The van der Waals surface area contributed by atoms with E-state index in [1.165, 1.54) is 0 Å². The number of rotatable bonds is 4. The zero-order valence-corrected chi connectivity index (χ0v) is 14.3. The molecule has 3 rings (SSSR count). The maximum Gasteiger partial charge on any atom is 0.227 e. The van der Waals surface area contributed by atoms with Gasteiger partial charge in [0, 0.05) is 34.2 Å². The average Bonchev–Trinajstić information content (AvgIpc) is 2.45. The van der Waals surface area contributed by atoms with Crippen molar-refractivity contribution in [2.45, 2.75) is 27.7 Å². The summed E-state index contributed by atoms with van der Waals surface area (Å²) >= 11 is 0. The lowest BCUT2D eigenvalue weighted by atomic mass is 10.2. The van der Waals surface area contributed by atoms with Crippen molar-refractivity contribution >= 4 is 23.3 Å². The first kappa shape index (κ1) is 15.9. The molecule has 3 aromatic rings. The molecule has 24 heavy (non-hydrogen) atoms. The summed E-state index contributed by atoms with van der Waals surface area (Å²) in [5, 5.41) is 6.46. The van der Waals surface area contributed by atoms with Crippen molar-refractivity contribution in [3.8, 4) is 0 Å². The predicted molar refractivity (Wildman–Crippen MR) is 96.0 cm³/mol. The summed E-state index contributed by atoms with van der Waals surface area (Å²) in [6.45, 7) is 7.81. The van der Waals surface area contributed by atoms with Crippen molar-refractivity contribution in [3.05, 3.63) is 59.2 Å². The third kappa shape index (κ3) is 4.04. The van der Waals surface area contributed by atoms with Crippen LogP contribution in [0.3, 0.4) is 0 Å². The summed E-state index contributed by atoms with van der Waals surface area (Å²) in [4.78, 5) is 17.6. The largest absolute Gasteiger partial charge is 0.324 e. The Balaban J connectivity index is 1.81. The number of aryl methyl sites for hydroxylation is 4. The predicted octanol–water partition coefficient (Wildman–Crippen LogP) is 3.99. The van der Waals surface area contributed by atoms with Crippen molar-refractivity contribution in [1.82, 2.24) is 19.9 Å². The fraction of sp³-hybridized carbons (Fsp3) is 0.222. The molecule has 0 saturated heterocycles. The Bertz CT molecular complexity index is 766. The average molecular weight is 320 g/mol. The van der Waals surface area contributed by atoms with Gasteiger partial charge < -0.3 is 10.6 Å². The van der Waals surface area contributed by atoms with E-state index < -0.39 is 0 Å². The van der Waals surface area contributed by atoms with Gasteiger partial charge in [-0.3, -0.25) is 0 Å². The van der Waals surface area contributed by atoms with Crippen molar-refractivity contribution in [1.29, 1.82) is 0 Å². The van der Waals surface area contributed by atoms with Crippen LogP contribution in [0.25, 0.3) is 0 Å². The summed E-state index contributed by atoms with van der Waals surface area (Å²) in [6, 6.07) is 11.8. The summed E-state index contributed by atoms with van der Waals surface area (Å²) < 4.78 is 0. The van der Waals surface area contributed by atoms with Crippen LogP contribution in [0.1, 0.15) is 22.8 Å². The van der Waals surface area contributed by atoms with Gasteiger partial charge in [-0.15, -0.1) is 0 Å². The van der Waals surface area contributed by atoms with Gasteiger partial charge in [0.15, 0.2) is 0 Å². The van der Waals surface area contributed by atoms with Gasteiger partial charge in [-0.25, -0.2) is 19.9 Å². The molecule has 0 spiro atoms. The Morgan fingerprint density at radius 1 is 0.583 bits per heavy atom. The highest BCUT2D eigenvalue weighted by Crippen LogP contribution is 2.21. The van der Waals surface area contributed by atoms with Crippen LogP contribution < -0.4 is 10.6 Å². The molecule has 0 amide bonds. The number of aromatic nitrogens is 4. The van der Waals surface area contributed by atoms with Crippen LogP contribution in [-0.2, 0) is 0 Å². The minimum Gasteiger partial charge on any atom is -0.324 e. The Morgan fingerprint density at radius 2 is 0.958 bits per heavy atom. The highest BCUT2D eigenvalue weighted by molar-refractivity contribution is 5.64. The number of benzene rings is 1. The van der Waals surface area contributed by atoms with E-state index in [1.807, 2.05) is 64.1 Å². The fourth-order valence-electron chi connectivity index (χ4n) is 2.50. The molecule has 0 fully saturated rings. The van der Waals surface area contributed by atoms with E-state index in [0.29, 0.717) is 11.9 Å². The maximum absolute atomic E-state index is 4.40. The van der Waals surface area contributed by atoms with E-state index >= 15 is 0 Å². The second-order valence-electron chi connectivity index (χ2n) is 5.78. The minimum absolute atomic E-state index is 0.590. The van der Waals surface area contributed by atoms with Gasteiger partial charge in [0.25, 0.3) is 0 Å². The molecule has 0 saturated carbocycles. The summed E-state index contributed by atoms with van der Waals surface area (Å²) in [5.41, 5.74) is 5.53. The van der Waals surface area contributed by atoms with Crippen LogP contribution in [0.5, 0.6) is 0 Å². The fourth-order valence-corrected chi connectivity index (χ4v) is 2.50. The molecule has 2 N–H and O–H groups in total. The van der Waals surface area contributed by atoms with Crippen LogP contribution in [0.15, 0.2) is 36.4 Å². The van der Waals surface area contributed by atoms with E-state index in [1.54, 1.807) is 0 Å². The smallest absolute Gasteiger partial charge is 0.227 e. The van der Waals surface area contributed by atoms with Gasteiger partial charge in [-0.05, 0) is 58.0 Å². The monoisotopic (exact) mass is 320 g/mol. The van der Waals surface area contributed by atoms with E-state index in [4.69, 9.17) is 0 Å². The molecule has 0 atom stereocenters. The lowest BCUT2D eigenvalue weighted by molar-refractivity contribution is 1.06. The van der Waals surface area contributed by atoms with Crippen LogP contribution in [0.4, 0.5) is 23.3 Å². The van der Waals surface area contributed by atoms with E-state index in [2.05, 4.69) is 30.6 Å². The highest BCUT2D eigenvalue weighted by atomic mass is 15.1. The molecule has 2 aromatic heterocycles. The molecule has 122 valence electrons. The lowest BCUT2D eigenvalue weighted by Crippen LogP contribution is -2.02. The van der Waals surface area contributed by atoms with Crippen molar-refractivity contribution in [2.75, 3.05) is 10.6 Å². The van der Waals surface area contributed by atoms with E-state index in [9.17, 15) is 0 Å². The Labute approximate surface area is 141 Å². The first-order chi connectivity index (χ1) is 11.5. The van der Waals surface area contributed by atoms with Crippen LogP contribution in [-0.4, -0.2) is 19.9 Å². The molecule has 0 unspecified atom stereocenters. The number of hydrogen-bond donors (Lipinski definition) is 2. The molecule has 0 aliphatic carbocycles. The molecule has 0 aliphatic rings. The summed E-state index contributed by atoms with van der Waals surface area (Å²) in [6.07, 6.45) is 0. The van der Waals surface area contributed by atoms with E-state index in [-0.39, 0.29) is 0 Å². The van der Waals surface area contributed by atoms with Crippen LogP contribution in [0.2, 0.25) is 0 Å². The third-order valence-corrected chi connectivity index (χ3v) is 3.34. The lowest BCUT2D eigenvalue weighted by Gasteiger charge is -2.10. The first-order valence-electron chi connectivity index (χ1n) is 7.76. The molecule has 0 radical (unpaired) electrons. The number of hydrogen-bond acceptors (Lipinski definition) is 6. The second-order valence-corrected chi connectivity index (χ2v) is 5.78. The van der Waals surface area contributed by atoms with Gasteiger partial charge in [0.2, 0.25) is 11.9 Å².